The van der Waals surface area contributed by atoms with E-state index in [1.54, 1.807) is 0 Å². The zero-order valence-electron chi connectivity index (χ0n) is 7.98. The molecule has 0 aromatic heterocycles. The third kappa shape index (κ3) is 2.67. The number of carbonyl (C=O) groups excluding carboxylic acids is 1. The summed E-state index contributed by atoms with van der Waals surface area (Å²) in [7, 11) is 0. The molecule has 1 rings (SSSR count). The lowest BCUT2D eigenvalue weighted by atomic mass is 10.2. The molecule has 0 aliphatic rings. The van der Waals surface area contributed by atoms with Crippen molar-refractivity contribution in [2.75, 3.05) is 5.32 Å². The SMILES string of the molecule is N=C(NC(N)=O)Nc1cc(O)c(O)c(O)c1. The first-order valence-corrected chi connectivity index (χ1v) is 4.07. The summed E-state index contributed by atoms with van der Waals surface area (Å²) in [5.41, 5.74) is 4.86. The number of phenols is 3. The molecule has 0 radical (unpaired) electrons. The van der Waals surface area contributed by atoms with Crippen molar-refractivity contribution < 1.29 is 20.1 Å². The Bertz CT molecular complexity index is 423. The van der Waals surface area contributed by atoms with Crippen LogP contribution in [0.4, 0.5) is 10.5 Å². The lowest BCUT2D eigenvalue weighted by Gasteiger charge is -2.09. The number of hydrogen-bond acceptors (Lipinski definition) is 5. The van der Waals surface area contributed by atoms with Crippen LogP contribution in [0.15, 0.2) is 12.1 Å². The van der Waals surface area contributed by atoms with Gasteiger partial charge in [0, 0.05) is 17.8 Å². The topological polar surface area (TPSA) is 152 Å². The summed E-state index contributed by atoms with van der Waals surface area (Å²) in [5, 5.41) is 38.8. The van der Waals surface area contributed by atoms with Gasteiger partial charge in [-0.05, 0) is 0 Å². The van der Waals surface area contributed by atoms with Gasteiger partial charge in [-0.3, -0.25) is 10.7 Å². The van der Waals surface area contributed by atoms with Gasteiger partial charge in [0.1, 0.15) is 0 Å². The summed E-state index contributed by atoms with van der Waals surface area (Å²) in [5.74, 6) is -2.22. The van der Waals surface area contributed by atoms with E-state index in [0.717, 1.165) is 12.1 Å². The highest BCUT2D eigenvalue weighted by Crippen LogP contribution is 2.37. The first-order valence-electron chi connectivity index (χ1n) is 4.07. The van der Waals surface area contributed by atoms with Crippen molar-refractivity contribution >= 4 is 17.7 Å². The second kappa shape index (κ2) is 4.26. The van der Waals surface area contributed by atoms with E-state index >= 15 is 0 Å². The fourth-order valence-electron chi connectivity index (χ4n) is 0.975. The highest BCUT2D eigenvalue weighted by Gasteiger charge is 2.09. The summed E-state index contributed by atoms with van der Waals surface area (Å²) in [6.07, 6.45) is 0. The van der Waals surface area contributed by atoms with Gasteiger partial charge < -0.3 is 26.4 Å². The number of rotatable bonds is 1. The van der Waals surface area contributed by atoms with Crippen molar-refractivity contribution in [1.82, 2.24) is 5.32 Å². The molecule has 0 unspecified atom stereocenters. The average Bonchev–Trinajstić information content (AvgIpc) is 2.12. The molecule has 8 nitrogen and oxygen atoms in total. The van der Waals surface area contributed by atoms with E-state index < -0.39 is 29.2 Å². The van der Waals surface area contributed by atoms with Crippen LogP contribution in [0.5, 0.6) is 17.2 Å². The summed E-state index contributed by atoms with van der Waals surface area (Å²) in [4.78, 5) is 10.4. The largest absolute Gasteiger partial charge is 0.504 e. The molecule has 0 aliphatic carbocycles. The van der Waals surface area contributed by atoms with E-state index in [9.17, 15) is 4.79 Å². The zero-order valence-corrected chi connectivity index (χ0v) is 7.98. The Hall–Kier alpha value is -2.64. The second-order valence-corrected chi connectivity index (χ2v) is 2.85. The lowest BCUT2D eigenvalue weighted by molar-refractivity contribution is 0.253. The van der Waals surface area contributed by atoms with E-state index in [1.165, 1.54) is 0 Å². The Morgan fingerprint density at radius 1 is 1.25 bits per heavy atom. The minimum absolute atomic E-state index is 0.103. The number of anilines is 1. The molecule has 1 aromatic rings. The molecule has 0 spiro atoms. The van der Waals surface area contributed by atoms with Gasteiger partial charge >= 0.3 is 6.03 Å². The number of nitrogens with one attached hydrogen (secondary N) is 3. The monoisotopic (exact) mass is 226 g/mol. The van der Waals surface area contributed by atoms with Crippen molar-refractivity contribution in [2.24, 2.45) is 5.73 Å². The summed E-state index contributed by atoms with van der Waals surface area (Å²) >= 11 is 0. The van der Waals surface area contributed by atoms with E-state index in [1.807, 2.05) is 5.32 Å². The van der Waals surface area contributed by atoms with E-state index in [2.05, 4.69) is 5.32 Å². The molecule has 16 heavy (non-hydrogen) atoms. The molecule has 8 N–H and O–H groups in total. The molecule has 0 fully saturated rings. The molecule has 0 heterocycles. The van der Waals surface area contributed by atoms with Crippen LogP contribution in [-0.4, -0.2) is 27.3 Å². The second-order valence-electron chi connectivity index (χ2n) is 2.85. The Morgan fingerprint density at radius 2 is 1.75 bits per heavy atom. The van der Waals surface area contributed by atoms with Crippen LogP contribution < -0.4 is 16.4 Å². The first-order chi connectivity index (χ1) is 7.40. The maximum atomic E-state index is 10.4. The molecule has 86 valence electrons. The number of carbonyl (C=O) groups is 1. The van der Waals surface area contributed by atoms with Crippen molar-refractivity contribution in [1.29, 1.82) is 5.41 Å². The molecule has 0 bridgehead atoms. The third-order valence-corrected chi connectivity index (χ3v) is 1.59. The standard InChI is InChI=1S/C8H10N4O4/c9-7(12-8(10)16)11-3-1-4(13)6(15)5(14)2-3/h1-2,13-15H,(H5,9,10,11,12,16). The quantitative estimate of drug-likeness (QED) is 0.153. The molecular formula is C8H10N4O4. The van der Waals surface area contributed by atoms with Crippen LogP contribution in [-0.2, 0) is 0 Å². The van der Waals surface area contributed by atoms with E-state index in [-0.39, 0.29) is 5.69 Å². The molecule has 0 saturated heterocycles. The first kappa shape index (κ1) is 11.4. The predicted octanol–water partition coefficient (Wildman–Crippen LogP) is -0.182. The number of phenolic OH excluding ortho intramolecular Hbond substituents is 3. The number of benzene rings is 1. The number of hydrogen-bond donors (Lipinski definition) is 7. The highest BCUT2D eigenvalue weighted by molar-refractivity contribution is 6.01. The van der Waals surface area contributed by atoms with Crippen molar-refractivity contribution in [3.05, 3.63) is 12.1 Å². The van der Waals surface area contributed by atoms with Gasteiger partial charge in [0.15, 0.2) is 17.2 Å². The molecule has 0 atom stereocenters. The lowest BCUT2D eigenvalue weighted by Crippen LogP contribution is -2.38. The molecule has 8 heteroatoms. The van der Waals surface area contributed by atoms with Gasteiger partial charge in [0.05, 0.1) is 0 Å². The Morgan fingerprint density at radius 3 is 2.19 bits per heavy atom. The van der Waals surface area contributed by atoms with Crippen LogP contribution in [0.1, 0.15) is 0 Å². The number of amides is 2. The molecule has 2 amide bonds. The highest BCUT2D eigenvalue weighted by atomic mass is 16.3. The van der Waals surface area contributed by atoms with E-state index in [4.69, 9.17) is 26.5 Å². The minimum atomic E-state index is -0.926. The van der Waals surface area contributed by atoms with Crippen molar-refractivity contribution in [3.63, 3.8) is 0 Å². The third-order valence-electron chi connectivity index (χ3n) is 1.59. The number of nitrogens with two attached hydrogens (primary N) is 1. The number of primary amides is 1. The van der Waals surface area contributed by atoms with Crippen LogP contribution in [0.2, 0.25) is 0 Å². The Kier molecular flexibility index (Phi) is 3.04. The molecule has 0 saturated carbocycles. The van der Waals surface area contributed by atoms with Gasteiger partial charge in [-0.25, -0.2) is 4.79 Å². The van der Waals surface area contributed by atoms with Gasteiger partial charge in [-0.1, -0.05) is 0 Å². The number of guanidine groups is 1. The van der Waals surface area contributed by atoms with Gasteiger partial charge in [0.2, 0.25) is 5.96 Å². The van der Waals surface area contributed by atoms with Crippen molar-refractivity contribution in [2.45, 2.75) is 0 Å². The Labute approximate surface area is 89.8 Å². The maximum absolute atomic E-state index is 10.4. The molecule has 1 aromatic carbocycles. The summed E-state index contributed by atoms with van der Waals surface area (Å²) in [6, 6.07) is 1.20. The Balaban J connectivity index is 2.82. The summed E-state index contributed by atoms with van der Waals surface area (Å²) < 4.78 is 0. The van der Waals surface area contributed by atoms with Gasteiger partial charge in [0.25, 0.3) is 0 Å². The van der Waals surface area contributed by atoms with E-state index in [0.29, 0.717) is 0 Å². The van der Waals surface area contributed by atoms with Crippen LogP contribution in [0.25, 0.3) is 0 Å². The van der Waals surface area contributed by atoms with Crippen LogP contribution >= 0.6 is 0 Å². The molecule has 0 aliphatic heterocycles. The van der Waals surface area contributed by atoms with Gasteiger partial charge in [-0.2, -0.15) is 0 Å². The summed E-state index contributed by atoms with van der Waals surface area (Å²) in [6.45, 7) is 0. The minimum Gasteiger partial charge on any atom is -0.504 e. The normalized spacial score (nSPS) is 9.50. The van der Waals surface area contributed by atoms with Gasteiger partial charge in [-0.15, -0.1) is 0 Å². The van der Waals surface area contributed by atoms with Crippen molar-refractivity contribution in [3.8, 4) is 17.2 Å². The zero-order chi connectivity index (χ0) is 12.3. The molecular weight excluding hydrogens is 216 g/mol. The van der Waals surface area contributed by atoms with Crippen LogP contribution in [0.3, 0.4) is 0 Å². The predicted molar refractivity (Wildman–Crippen MR) is 55.5 cm³/mol. The smallest absolute Gasteiger partial charge is 0.318 e. The number of aromatic hydroxyl groups is 3. The maximum Gasteiger partial charge on any atom is 0.318 e. The fraction of sp³-hybridized carbons (Fsp3) is 0. The number of urea groups is 1. The average molecular weight is 226 g/mol. The van der Waals surface area contributed by atoms with Crippen LogP contribution in [0, 0.1) is 5.41 Å². The fourth-order valence-corrected chi connectivity index (χ4v) is 0.975.